The van der Waals surface area contributed by atoms with Crippen molar-refractivity contribution in [3.8, 4) is 0 Å². The average Bonchev–Trinajstić information content (AvgIpc) is 2.87. The second-order valence-corrected chi connectivity index (χ2v) is 9.55. The number of hydrogen-bond acceptors (Lipinski definition) is 4. The van der Waals surface area contributed by atoms with Crippen LogP contribution in [0, 0.1) is 11.8 Å². The molecule has 1 rings (SSSR count). The third kappa shape index (κ3) is 9.69. The maximum Gasteiger partial charge on any atom is 0.220 e. The maximum atomic E-state index is 12.1. The van der Waals surface area contributed by atoms with E-state index < -0.39 is 0 Å². The quantitative estimate of drug-likeness (QED) is 0.619. The number of amides is 1. The lowest BCUT2D eigenvalue weighted by atomic mass is 9.89. The second-order valence-electron chi connectivity index (χ2n) is 6.76. The summed E-state index contributed by atoms with van der Waals surface area (Å²) in [6, 6.07) is 0. The second kappa shape index (κ2) is 10.8. The number of carbonyl (C=O) groups excluding carboxylic acids is 1. The van der Waals surface area contributed by atoms with Crippen LogP contribution >= 0.6 is 21.6 Å². The van der Waals surface area contributed by atoms with Crippen molar-refractivity contribution in [1.82, 2.24) is 10.2 Å². The van der Waals surface area contributed by atoms with Gasteiger partial charge < -0.3 is 10.2 Å². The van der Waals surface area contributed by atoms with E-state index in [2.05, 4.69) is 24.1 Å². The molecule has 21 heavy (non-hydrogen) atoms. The number of hydrogen-bond donors (Lipinski definition) is 1. The Morgan fingerprint density at radius 1 is 1.38 bits per heavy atom. The molecule has 1 unspecified atom stereocenters. The first kappa shape index (κ1) is 19.2. The van der Waals surface area contributed by atoms with Crippen molar-refractivity contribution in [3.63, 3.8) is 0 Å². The molecule has 0 aromatic carbocycles. The molecule has 1 fully saturated rings. The summed E-state index contributed by atoms with van der Waals surface area (Å²) in [5.41, 5.74) is 0. The van der Waals surface area contributed by atoms with Gasteiger partial charge in [-0.05, 0) is 51.6 Å². The monoisotopic (exact) mass is 332 g/mol. The SMILES string of the molecule is CC(C)C[C@@H](CCC1CCSS1)CC(=O)NCCN(C)C. The fourth-order valence-electron chi connectivity index (χ4n) is 2.71. The van der Waals surface area contributed by atoms with Crippen LogP contribution in [0.15, 0.2) is 0 Å². The molecule has 1 N–H and O–H groups in total. The smallest absolute Gasteiger partial charge is 0.220 e. The van der Waals surface area contributed by atoms with Crippen LogP contribution in [0.2, 0.25) is 0 Å². The minimum Gasteiger partial charge on any atom is -0.355 e. The van der Waals surface area contributed by atoms with E-state index in [1.807, 2.05) is 35.7 Å². The molecule has 1 amide bonds. The minimum absolute atomic E-state index is 0.232. The van der Waals surface area contributed by atoms with Crippen LogP contribution in [0.5, 0.6) is 0 Å². The van der Waals surface area contributed by atoms with Crippen molar-refractivity contribution in [2.45, 2.75) is 51.2 Å². The van der Waals surface area contributed by atoms with E-state index in [0.717, 1.165) is 18.3 Å². The van der Waals surface area contributed by atoms with Crippen LogP contribution in [0.25, 0.3) is 0 Å². The molecule has 0 aromatic heterocycles. The van der Waals surface area contributed by atoms with Crippen molar-refractivity contribution in [3.05, 3.63) is 0 Å². The summed E-state index contributed by atoms with van der Waals surface area (Å²) >= 11 is 0. The Kier molecular flexibility index (Phi) is 9.85. The molecule has 1 saturated heterocycles. The summed E-state index contributed by atoms with van der Waals surface area (Å²) in [4.78, 5) is 14.2. The van der Waals surface area contributed by atoms with Crippen LogP contribution in [-0.4, -0.2) is 49.0 Å². The molecule has 0 aliphatic carbocycles. The Labute approximate surface area is 138 Å². The van der Waals surface area contributed by atoms with Gasteiger partial charge in [-0.25, -0.2) is 0 Å². The molecule has 0 spiro atoms. The zero-order valence-corrected chi connectivity index (χ0v) is 15.7. The van der Waals surface area contributed by atoms with E-state index in [1.165, 1.54) is 31.4 Å². The highest BCUT2D eigenvalue weighted by atomic mass is 33.1. The van der Waals surface area contributed by atoms with E-state index in [1.54, 1.807) is 0 Å². The van der Waals surface area contributed by atoms with Gasteiger partial charge in [0.25, 0.3) is 0 Å². The minimum atomic E-state index is 0.232. The van der Waals surface area contributed by atoms with Crippen LogP contribution in [0.3, 0.4) is 0 Å². The molecular weight excluding hydrogens is 300 g/mol. The Hall–Kier alpha value is 0.130. The molecule has 2 atom stereocenters. The van der Waals surface area contributed by atoms with Crippen LogP contribution < -0.4 is 5.32 Å². The Balaban J connectivity index is 2.28. The lowest BCUT2D eigenvalue weighted by Gasteiger charge is -2.20. The largest absolute Gasteiger partial charge is 0.355 e. The van der Waals surface area contributed by atoms with Crippen molar-refractivity contribution in [1.29, 1.82) is 0 Å². The maximum absolute atomic E-state index is 12.1. The highest BCUT2D eigenvalue weighted by Crippen LogP contribution is 2.40. The molecule has 0 radical (unpaired) electrons. The summed E-state index contributed by atoms with van der Waals surface area (Å²) in [5, 5.41) is 3.88. The fourth-order valence-corrected chi connectivity index (χ4v) is 5.71. The van der Waals surface area contributed by atoms with Gasteiger partial charge in [-0.15, -0.1) is 0 Å². The van der Waals surface area contributed by atoms with Crippen LogP contribution in [0.4, 0.5) is 0 Å². The van der Waals surface area contributed by atoms with Crippen LogP contribution in [-0.2, 0) is 4.79 Å². The summed E-state index contributed by atoms with van der Waals surface area (Å²) in [5.74, 6) is 2.76. The molecule has 0 bridgehead atoms. The Morgan fingerprint density at radius 2 is 2.14 bits per heavy atom. The number of nitrogens with zero attached hydrogens (tertiary/aromatic N) is 1. The average molecular weight is 333 g/mol. The summed E-state index contributed by atoms with van der Waals surface area (Å²) in [6.07, 6.45) is 5.71. The molecule has 3 nitrogen and oxygen atoms in total. The number of carbonyl (C=O) groups is 1. The predicted octanol–water partition coefficient (Wildman–Crippen LogP) is 3.65. The van der Waals surface area contributed by atoms with Gasteiger partial charge in [-0.2, -0.15) is 0 Å². The number of rotatable bonds is 10. The lowest BCUT2D eigenvalue weighted by molar-refractivity contribution is -0.122. The van der Waals surface area contributed by atoms with Crippen LogP contribution in [0.1, 0.15) is 46.0 Å². The Bertz CT molecular complexity index is 292. The number of likely N-dealkylation sites (N-methyl/N-ethyl adjacent to an activating group) is 1. The summed E-state index contributed by atoms with van der Waals surface area (Å²) in [6.45, 7) is 6.19. The molecule has 0 saturated carbocycles. The van der Waals surface area contributed by atoms with Crippen molar-refractivity contribution in [2.75, 3.05) is 32.9 Å². The molecule has 5 heteroatoms. The summed E-state index contributed by atoms with van der Waals surface area (Å²) < 4.78 is 0. The first-order valence-corrected chi connectivity index (χ1v) is 10.5. The van der Waals surface area contributed by atoms with E-state index >= 15 is 0 Å². The molecule has 1 aliphatic rings. The van der Waals surface area contributed by atoms with Gasteiger partial charge in [0.2, 0.25) is 5.91 Å². The third-order valence-electron chi connectivity index (χ3n) is 3.78. The zero-order chi connectivity index (χ0) is 15.7. The molecule has 1 aliphatic heterocycles. The molecular formula is C16H32N2OS2. The standard InChI is InChI=1S/C16H32N2OS2/c1-13(2)11-14(5-6-15-7-10-20-21-15)12-16(19)17-8-9-18(3)4/h13-15H,5-12H2,1-4H3,(H,17,19)/t14-,15?/m1/s1. The lowest BCUT2D eigenvalue weighted by Crippen LogP contribution is -2.32. The van der Waals surface area contributed by atoms with Gasteiger partial charge in [-0.1, -0.05) is 35.4 Å². The zero-order valence-electron chi connectivity index (χ0n) is 14.1. The van der Waals surface area contributed by atoms with Gasteiger partial charge in [0.15, 0.2) is 0 Å². The van der Waals surface area contributed by atoms with Gasteiger partial charge in [0, 0.05) is 30.5 Å². The Morgan fingerprint density at radius 3 is 2.71 bits per heavy atom. The van der Waals surface area contributed by atoms with Gasteiger partial charge in [0.1, 0.15) is 0 Å². The van der Waals surface area contributed by atoms with Crippen molar-refractivity contribution in [2.24, 2.45) is 11.8 Å². The van der Waals surface area contributed by atoms with E-state index in [-0.39, 0.29) is 5.91 Å². The third-order valence-corrected chi connectivity index (χ3v) is 6.79. The van der Waals surface area contributed by atoms with Gasteiger partial charge >= 0.3 is 0 Å². The van der Waals surface area contributed by atoms with Gasteiger partial charge in [0.05, 0.1) is 0 Å². The van der Waals surface area contributed by atoms with E-state index in [4.69, 9.17) is 0 Å². The summed E-state index contributed by atoms with van der Waals surface area (Å²) in [7, 11) is 8.12. The molecule has 1 heterocycles. The normalized spacial score (nSPS) is 20.2. The molecule has 0 aromatic rings. The number of nitrogens with one attached hydrogen (secondary N) is 1. The van der Waals surface area contributed by atoms with Crippen molar-refractivity contribution >= 4 is 27.5 Å². The van der Waals surface area contributed by atoms with E-state index in [0.29, 0.717) is 18.3 Å². The first-order chi connectivity index (χ1) is 9.97. The highest BCUT2D eigenvalue weighted by molar-refractivity contribution is 8.77. The molecule has 124 valence electrons. The first-order valence-electron chi connectivity index (χ1n) is 8.17. The highest BCUT2D eigenvalue weighted by Gasteiger charge is 2.21. The van der Waals surface area contributed by atoms with Crippen molar-refractivity contribution < 1.29 is 4.79 Å². The van der Waals surface area contributed by atoms with E-state index in [9.17, 15) is 4.79 Å². The van der Waals surface area contributed by atoms with Gasteiger partial charge in [-0.3, -0.25) is 4.79 Å². The topological polar surface area (TPSA) is 32.3 Å². The predicted molar refractivity (Wildman–Crippen MR) is 96.8 cm³/mol. The fraction of sp³-hybridized carbons (Fsp3) is 0.938.